The first-order chi connectivity index (χ1) is 11.3. The molecule has 0 N–H and O–H groups in total. The van der Waals surface area contributed by atoms with Crippen LogP contribution in [0, 0.1) is 13.8 Å². The molecule has 0 bridgehead atoms. The quantitative estimate of drug-likeness (QED) is 0.802. The molecule has 0 radical (unpaired) electrons. The minimum absolute atomic E-state index is 0.118. The van der Waals surface area contributed by atoms with E-state index in [1.165, 1.54) is 4.31 Å². The molecule has 0 spiro atoms. The molecule has 0 amide bonds. The standard InChI is InChI=1S/C15H16Cl2N2O4S/c1-9-15(10(2)23-18-9)24(20,21)19-3-4-22-14(8-19)11-5-12(16)7-13(17)6-11/h5-7,14H,3-4,8H2,1-2H3. The molecule has 2 heterocycles. The van der Waals surface area contributed by atoms with E-state index in [0.29, 0.717) is 15.7 Å². The van der Waals surface area contributed by atoms with E-state index in [1.54, 1.807) is 32.0 Å². The summed E-state index contributed by atoms with van der Waals surface area (Å²) in [7, 11) is -3.71. The average molecular weight is 391 g/mol. The maximum Gasteiger partial charge on any atom is 0.248 e. The minimum atomic E-state index is -3.71. The molecule has 6 nitrogen and oxygen atoms in total. The third-order valence-electron chi connectivity index (χ3n) is 3.85. The van der Waals surface area contributed by atoms with Gasteiger partial charge in [-0.1, -0.05) is 28.4 Å². The van der Waals surface area contributed by atoms with Gasteiger partial charge in [0.05, 0.1) is 12.7 Å². The fourth-order valence-electron chi connectivity index (χ4n) is 2.78. The fourth-order valence-corrected chi connectivity index (χ4v) is 5.04. The second-order valence-corrected chi connectivity index (χ2v) is 8.33. The van der Waals surface area contributed by atoms with Crippen molar-refractivity contribution in [1.82, 2.24) is 9.46 Å². The fraction of sp³-hybridized carbons (Fsp3) is 0.400. The van der Waals surface area contributed by atoms with Crippen molar-refractivity contribution in [2.75, 3.05) is 19.7 Å². The average Bonchev–Trinajstić information content (AvgIpc) is 2.86. The van der Waals surface area contributed by atoms with E-state index in [4.69, 9.17) is 32.5 Å². The molecule has 1 aromatic heterocycles. The van der Waals surface area contributed by atoms with Gasteiger partial charge in [0.15, 0.2) is 5.76 Å². The first-order valence-electron chi connectivity index (χ1n) is 7.29. The lowest BCUT2D eigenvalue weighted by molar-refractivity contribution is -0.00257. The van der Waals surface area contributed by atoms with Gasteiger partial charge in [-0.05, 0) is 37.6 Å². The van der Waals surface area contributed by atoms with Gasteiger partial charge in [0, 0.05) is 23.1 Å². The number of morpholine rings is 1. The topological polar surface area (TPSA) is 72.6 Å². The van der Waals surface area contributed by atoms with Crippen LogP contribution in [-0.2, 0) is 14.8 Å². The van der Waals surface area contributed by atoms with Gasteiger partial charge in [0.1, 0.15) is 10.6 Å². The predicted octanol–water partition coefficient (Wildman–Crippen LogP) is 3.36. The van der Waals surface area contributed by atoms with Crippen LogP contribution in [0.2, 0.25) is 10.0 Å². The van der Waals surface area contributed by atoms with Crippen LogP contribution in [0.3, 0.4) is 0 Å². The molecule has 24 heavy (non-hydrogen) atoms. The van der Waals surface area contributed by atoms with E-state index in [1.807, 2.05) is 0 Å². The van der Waals surface area contributed by atoms with E-state index in [-0.39, 0.29) is 30.4 Å². The summed E-state index contributed by atoms with van der Waals surface area (Å²) in [5.41, 5.74) is 1.09. The summed E-state index contributed by atoms with van der Waals surface area (Å²) in [5, 5.41) is 4.69. The van der Waals surface area contributed by atoms with Crippen LogP contribution in [0.1, 0.15) is 23.1 Å². The smallest absolute Gasteiger partial charge is 0.248 e. The van der Waals surface area contributed by atoms with E-state index in [2.05, 4.69) is 5.16 Å². The van der Waals surface area contributed by atoms with Crippen LogP contribution in [0.25, 0.3) is 0 Å². The van der Waals surface area contributed by atoms with Crippen molar-refractivity contribution in [2.45, 2.75) is 24.8 Å². The molecule has 1 aromatic carbocycles. The maximum atomic E-state index is 12.9. The summed E-state index contributed by atoms with van der Waals surface area (Å²) >= 11 is 12.1. The number of rotatable bonds is 3. The predicted molar refractivity (Wildman–Crippen MR) is 89.9 cm³/mol. The third kappa shape index (κ3) is 3.32. The SMILES string of the molecule is Cc1noc(C)c1S(=O)(=O)N1CCOC(c2cc(Cl)cc(Cl)c2)C1. The highest BCUT2D eigenvalue weighted by Crippen LogP contribution is 2.31. The van der Waals surface area contributed by atoms with E-state index >= 15 is 0 Å². The van der Waals surface area contributed by atoms with Crippen molar-refractivity contribution in [2.24, 2.45) is 0 Å². The number of nitrogens with zero attached hydrogens (tertiary/aromatic N) is 2. The van der Waals surface area contributed by atoms with Gasteiger partial charge in [-0.25, -0.2) is 8.42 Å². The first-order valence-corrected chi connectivity index (χ1v) is 9.49. The van der Waals surface area contributed by atoms with Gasteiger partial charge in [0.25, 0.3) is 0 Å². The van der Waals surface area contributed by atoms with E-state index < -0.39 is 16.1 Å². The lowest BCUT2D eigenvalue weighted by Crippen LogP contribution is -2.42. The van der Waals surface area contributed by atoms with Gasteiger partial charge in [0.2, 0.25) is 10.0 Å². The molecule has 9 heteroatoms. The second-order valence-electron chi connectivity index (χ2n) is 5.58. The van der Waals surface area contributed by atoms with Crippen LogP contribution in [0.5, 0.6) is 0 Å². The van der Waals surface area contributed by atoms with Crippen LogP contribution in [0.15, 0.2) is 27.6 Å². The van der Waals surface area contributed by atoms with Gasteiger partial charge in [-0.15, -0.1) is 0 Å². The summed E-state index contributed by atoms with van der Waals surface area (Å²) in [6.45, 7) is 3.90. The molecular weight excluding hydrogens is 375 g/mol. The Bertz CT molecular complexity index is 827. The van der Waals surface area contributed by atoms with Crippen LogP contribution >= 0.6 is 23.2 Å². The van der Waals surface area contributed by atoms with Crippen molar-refractivity contribution < 1.29 is 17.7 Å². The Morgan fingerprint density at radius 2 is 1.88 bits per heavy atom. The summed E-state index contributed by atoms with van der Waals surface area (Å²) in [6.07, 6.45) is -0.440. The molecular formula is C15H16Cl2N2O4S. The number of halogens is 2. The van der Waals surface area contributed by atoms with E-state index in [9.17, 15) is 8.42 Å². The van der Waals surface area contributed by atoms with Gasteiger partial charge in [-0.2, -0.15) is 4.31 Å². The number of hydrogen-bond acceptors (Lipinski definition) is 5. The third-order valence-corrected chi connectivity index (χ3v) is 6.40. The van der Waals surface area contributed by atoms with Crippen molar-refractivity contribution in [3.05, 3.63) is 45.3 Å². The van der Waals surface area contributed by atoms with Crippen LogP contribution in [-0.4, -0.2) is 37.6 Å². The lowest BCUT2D eigenvalue weighted by Gasteiger charge is -2.32. The highest BCUT2D eigenvalue weighted by atomic mass is 35.5. The number of benzene rings is 1. The lowest BCUT2D eigenvalue weighted by atomic mass is 10.1. The molecule has 130 valence electrons. The maximum absolute atomic E-state index is 12.9. The summed E-state index contributed by atoms with van der Waals surface area (Å²) in [5.74, 6) is 0.279. The molecule has 1 atom stereocenters. The van der Waals surface area contributed by atoms with Gasteiger partial charge < -0.3 is 9.26 Å². The normalized spacial score (nSPS) is 19.6. The van der Waals surface area contributed by atoms with Gasteiger partial charge in [-0.3, -0.25) is 0 Å². The van der Waals surface area contributed by atoms with Crippen molar-refractivity contribution in [3.8, 4) is 0 Å². The van der Waals surface area contributed by atoms with Crippen molar-refractivity contribution >= 4 is 33.2 Å². The summed E-state index contributed by atoms with van der Waals surface area (Å²) in [4.78, 5) is 0.118. The molecule has 1 saturated heterocycles. The number of ether oxygens (including phenoxy) is 1. The largest absolute Gasteiger partial charge is 0.371 e. The number of aromatic nitrogens is 1. The highest BCUT2D eigenvalue weighted by Gasteiger charge is 2.35. The Morgan fingerprint density at radius 3 is 2.46 bits per heavy atom. The molecule has 3 rings (SSSR count). The van der Waals surface area contributed by atoms with Gasteiger partial charge >= 0.3 is 0 Å². The van der Waals surface area contributed by atoms with Crippen LogP contribution < -0.4 is 0 Å². The Morgan fingerprint density at radius 1 is 1.21 bits per heavy atom. The van der Waals surface area contributed by atoms with Crippen molar-refractivity contribution in [1.29, 1.82) is 0 Å². The monoisotopic (exact) mass is 390 g/mol. The highest BCUT2D eigenvalue weighted by molar-refractivity contribution is 7.89. The Hall–Kier alpha value is -1.12. The number of aryl methyl sites for hydroxylation is 2. The molecule has 1 aliphatic rings. The number of hydrogen-bond donors (Lipinski definition) is 0. The zero-order valence-corrected chi connectivity index (χ0v) is 15.5. The minimum Gasteiger partial charge on any atom is -0.371 e. The Labute approximate surface area is 150 Å². The Kier molecular flexibility index (Phi) is 4.90. The molecule has 0 aliphatic carbocycles. The van der Waals surface area contributed by atoms with Crippen LogP contribution in [0.4, 0.5) is 0 Å². The molecule has 1 fully saturated rings. The summed E-state index contributed by atoms with van der Waals surface area (Å²) in [6, 6.07) is 5.07. The molecule has 2 aromatic rings. The first kappa shape index (κ1) is 17.7. The van der Waals surface area contributed by atoms with Crippen molar-refractivity contribution in [3.63, 3.8) is 0 Å². The number of sulfonamides is 1. The zero-order valence-electron chi connectivity index (χ0n) is 13.1. The molecule has 0 saturated carbocycles. The summed E-state index contributed by atoms with van der Waals surface area (Å²) < 4.78 is 37.9. The second kappa shape index (κ2) is 6.65. The molecule has 1 unspecified atom stereocenters. The zero-order chi connectivity index (χ0) is 17.5. The Balaban J connectivity index is 1.91. The van der Waals surface area contributed by atoms with E-state index in [0.717, 1.165) is 5.56 Å². The molecule has 1 aliphatic heterocycles.